The summed E-state index contributed by atoms with van der Waals surface area (Å²) < 4.78 is 31.8. The van der Waals surface area contributed by atoms with Gasteiger partial charge < -0.3 is 28.1 Å². The molecule has 0 atom stereocenters. The van der Waals surface area contributed by atoms with Crippen LogP contribution in [0.25, 0.3) is 17.4 Å². The lowest BCUT2D eigenvalue weighted by Crippen LogP contribution is -2.09. The summed E-state index contributed by atoms with van der Waals surface area (Å²) in [5.41, 5.74) is 1.13. The third-order valence-corrected chi connectivity index (χ3v) is 3.75. The largest absolute Gasteiger partial charge is 0.469 e. The maximum atomic E-state index is 12.0. The predicted molar refractivity (Wildman–Crippen MR) is 105 cm³/mol. The molecule has 2 rings (SSSR count). The summed E-state index contributed by atoms with van der Waals surface area (Å²) in [4.78, 5) is 23.1. The highest BCUT2D eigenvalue weighted by Crippen LogP contribution is 2.39. The first-order chi connectivity index (χ1) is 14.0. The van der Waals surface area contributed by atoms with E-state index in [-0.39, 0.29) is 25.8 Å². The third kappa shape index (κ3) is 6.48. The van der Waals surface area contributed by atoms with Crippen molar-refractivity contribution in [3.8, 4) is 22.8 Å². The van der Waals surface area contributed by atoms with Crippen LogP contribution in [-0.4, -0.2) is 46.7 Å². The van der Waals surface area contributed by atoms with Crippen LogP contribution in [0.1, 0.15) is 18.2 Å². The van der Waals surface area contributed by atoms with Gasteiger partial charge in [0.2, 0.25) is 0 Å². The molecular weight excluding hydrogens is 380 g/mol. The van der Waals surface area contributed by atoms with Gasteiger partial charge in [0.1, 0.15) is 23.0 Å². The third-order valence-electron chi connectivity index (χ3n) is 3.75. The number of hydrogen-bond donors (Lipinski definition) is 0. The molecule has 0 radical (unpaired) electrons. The van der Waals surface area contributed by atoms with Gasteiger partial charge in [-0.3, -0.25) is 9.59 Å². The molecule has 29 heavy (non-hydrogen) atoms. The highest BCUT2D eigenvalue weighted by molar-refractivity contribution is 5.91. The molecule has 8 heteroatoms. The molecule has 0 fully saturated rings. The first-order valence-corrected chi connectivity index (χ1v) is 8.74. The van der Waals surface area contributed by atoms with Crippen LogP contribution in [0.4, 0.5) is 0 Å². The zero-order valence-electron chi connectivity index (χ0n) is 16.9. The zero-order valence-corrected chi connectivity index (χ0v) is 16.9. The van der Waals surface area contributed by atoms with Crippen LogP contribution < -0.4 is 9.47 Å². The number of methoxy groups -OCH3 is 3. The summed E-state index contributed by atoms with van der Waals surface area (Å²) in [5, 5.41) is 0. The highest BCUT2D eigenvalue weighted by atomic mass is 16.7. The second kappa shape index (κ2) is 11.0. The average Bonchev–Trinajstić information content (AvgIpc) is 3.17. The number of benzene rings is 1. The standard InChI is InChI=1S/C21H24O8/c1-14(22)5-6-16-7-8-18(29-16)21-15(10-20(23)26-4)9-17(27-12-24-2)11-19(21)28-13-25-3/h5-9,11H,10,12-13H2,1-4H3. The van der Waals surface area contributed by atoms with Crippen molar-refractivity contribution in [2.75, 3.05) is 34.9 Å². The summed E-state index contributed by atoms with van der Waals surface area (Å²) in [5.74, 6) is 1.25. The molecule has 8 nitrogen and oxygen atoms in total. The van der Waals surface area contributed by atoms with Gasteiger partial charge >= 0.3 is 5.97 Å². The minimum Gasteiger partial charge on any atom is -0.469 e. The molecule has 0 saturated carbocycles. The van der Waals surface area contributed by atoms with Crippen molar-refractivity contribution in [1.82, 2.24) is 0 Å². The highest BCUT2D eigenvalue weighted by Gasteiger charge is 2.20. The van der Waals surface area contributed by atoms with Crippen molar-refractivity contribution in [3.05, 3.63) is 41.7 Å². The number of esters is 1. The minimum atomic E-state index is -0.434. The van der Waals surface area contributed by atoms with E-state index in [0.717, 1.165) is 0 Å². The van der Waals surface area contributed by atoms with Gasteiger partial charge in [0.05, 0.1) is 19.1 Å². The monoisotopic (exact) mass is 404 g/mol. The lowest BCUT2D eigenvalue weighted by molar-refractivity contribution is -0.139. The molecule has 0 aliphatic rings. The van der Waals surface area contributed by atoms with E-state index in [1.54, 1.807) is 30.3 Å². The van der Waals surface area contributed by atoms with E-state index >= 15 is 0 Å². The topological polar surface area (TPSA) is 93.4 Å². The number of hydrogen-bond acceptors (Lipinski definition) is 8. The maximum Gasteiger partial charge on any atom is 0.310 e. The van der Waals surface area contributed by atoms with E-state index in [9.17, 15) is 9.59 Å². The molecule has 2 aromatic rings. The van der Waals surface area contributed by atoms with Crippen LogP contribution in [-0.2, 0) is 30.2 Å². The van der Waals surface area contributed by atoms with Gasteiger partial charge in [0.25, 0.3) is 0 Å². The van der Waals surface area contributed by atoms with Crippen LogP contribution >= 0.6 is 0 Å². The number of allylic oxidation sites excluding steroid dienone is 1. The van der Waals surface area contributed by atoms with E-state index in [1.807, 2.05) is 0 Å². The van der Waals surface area contributed by atoms with Crippen LogP contribution in [0.5, 0.6) is 11.5 Å². The van der Waals surface area contributed by atoms with Gasteiger partial charge in [-0.05, 0) is 42.8 Å². The first kappa shape index (κ1) is 22.2. The predicted octanol–water partition coefficient (Wildman–Crippen LogP) is 3.23. The van der Waals surface area contributed by atoms with Gasteiger partial charge in [-0.2, -0.15) is 0 Å². The molecule has 0 spiro atoms. The second-order valence-corrected chi connectivity index (χ2v) is 5.96. The Morgan fingerprint density at radius 2 is 1.76 bits per heavy atom. The summed E-state index contributed by atoms with van der Waals surface area (Å²) >= 11 is 0. The molecule has 1 aromatic heterocycles. The van der Waals surface area contributed by atoms with Gasteiger partial charge in [-0.15, -0.1) is 0 Å². The minimum absolute atomic E-state index is 0.0177. The van der Waals surface area contributed by atoms with Gasteiger partial charge in [-0.25, -0.2) is 0 Å². The molecule has 0 N–H and O–H groups in total. The summed E-state index contributed by atoms with van der Waals surface area (Å²) in [7, 11) is 4.32. The average molecular weight is 404 g/mol. The fraction of sp³-hybridized carbons (Fsp3) is 0.333. The molecular formula is C21H24O8. The number of ketones is 1. The molecule has 0 aliphatic carbocycles. The van der Waals surface area contributed by atoms with Crippen LogP contribution in [0.2, 0.25) is 0 Å². The molecule has 156 valence electrons. The Labute approximate surface area is 168 Å². The van der Waals surface area contributed by atoms with E-state index in [4.69, 9.17) is 28.1 Å². The number of ether oxygens (including phenoxy) is 5. The Balaban J connectivity index is 2.55. The maximum absolute atomic E-state index is 12.0. The molecule has 0 bridgehead atoms. The quantitative estimate of drug-likeness (QED) is 0.320. The van der Waals surface area contributed by atoms with E-state index in [1.165, 1.54) is 34.3 Å². The number of carbonyl (C=O) groups excluding carboxylic acids is 2. The normalized spacial score (nSPS) is 10.9. The van der Waals surface area contributed by atoms with Crippen LogP contribution in [0.15, 0.2) is 34.8 Å². The van der Waals surface area contributed by atoms with Crippen molar-refractivity contribution >= 4 is 17.8 Å². The Morgan fingerprint density at radius 1 is 1.03 bits per heavy atom. The van der Waals surface area contributed by atoms with E-state index in [2.05, 4.69) is 0 Å². The first-order valence-electron chi connectivity index (χ1n) is 8.74. The molecule has 0 unspecified atom stereocenters. The van der Waals surface area contributed by atoms with Crippen LogP contribution in [0.3, 0.4) is 0 Å². The van der Waals surface area contributed by atoms with Gasteiger partial charge in [-0.1, -0.05) is 0 Å². The molecule has 1 heterocycles. The zero-order chi connectivity index (χ0) is 21.2. The summed E-state index contributed by atoms with van der Waals surface area (Å²) in [6.07, 6.45) is 2.94. The summed E-state index contributed by atoms with van der Waals surface area (Å²) in [6, 6.07) is 6.79. The fourth-order valence-corrected chi connectivity index (χ4v) is 2.51. The Hall–Kier alpha value is -3.10. The summed E-state index contributed by atoms with van der Waals surface area (Å²) in [6.45, 7) is 1.46. The van der Waals surface area contributed by atoms with Crippen molar-refractivity contribution in [3.63, 3.8) is 0 Å². The molecule has 0 amide bonds. The lowest BCUT2D eigenvalue weighted by atomic mass is 10.0. The van der Waals surface area contributed by atoms with Crippen molar-refractivity contribution < 1.29 is 37.7 Å². The van der Waals surface area contributed by atoms with Crippen LogP contribution in [0, 0.1) is 0 Å². The molecule has 0 saturated heterocycles. The Bertz CT molecular complexity index is 866. The van der Waals surface area contributed by atoms with Crippen molar-refractivity contribution in [2.24, 2.45) is 0 Å². The fourth-order valence-electron chi connectivity index (χ4n) is 2.51. The van der Waals surface area contributed by atoms with Crippen molar-refractivity contribution in [2.45, 2.75) is 13.3 Å². The Morgan fingerprint density at radius 3 is 2.41 bits per heavy atom. The van der Waals surface area contributed by atoms with Crippen molar-refractivity contribution in [1.29, 1.82) is 0 Å². The second-order valence-electron chi connectivity index (χ2n) is 5.96. The van der Waals surface area contributed by atoms with E-state index in [0.29, 0.717) is 34.1 Å². The smallest absolute Gasteiger partial charge is 0.310 e. The Kier molecular flexibility index (Phi) is 8.45. The molecule has 1 aromatic carbocycles. The number of rotatable bonds is 11. The lowest BCUT2D eigenvalue weighted by Gasteiger charge is -2.16. The number of furan rings is 1. The SMILES string of the molecule is COCOc1cc(CC(=O)OC)c(-c2ccc(C=CC(C)=O)o2)c(OCOC)c1. The van der Waals surface area contributed by atoms with Gasteiger partial charge in [0.15, 0.2) is 19.4 Å². The molecule has 0 aliphatic heterocycles. The van der Waals surface area contributed by atoms with Gasteiger partial charge in [0, 0.05) is 20.3 Å². The van der Waals surface area contributed by atoms with E-state index < -0.39 is 5.97 Å². The number of carbonyl (C=O) groups is 2.